The largest absolute Gasteiger partial charge is 0.304 e. The maximum Gasteiger partial charge on any atom is 0.274 e. The van der Waals surface area contributed by atoms with Crippen LogP contribution in [0.15, 0.2) is 72.8 Å². The van der Waals surface area contributed by atoms with E-state index in [-0.39, 0.29) is 17.8 Å². The van der Waals surface area contributed by atoms with E-state index in [9.17, 15) is 22.4 Å². The number of rotatable bonds is 3. The molecular formula is C23H16ClFN2O4S. The summed E-state index contributed by atoms with van der Waals surface area (Å²) in [4.78, 5) is 27.0. The molecule has 1 fully saturated rings. The Balaban J connectivity index is 1.74. The minimum absolute atomic E-state index is 0.0260. The van der Waals surface area contributed by atoms with Crippen molar-refractivity contribution < 1.29 is 22.4 Å². The minimum Gasteiger partial charge on any atom is -0.304 e. The van der Waals surface area contributed by atoms with Gasteiger partial charge >= 0.3 is 0 Å². The Morgan fingerprint density at radius 1 is 0.938 bits per heavy atom. The van der Waals surface area contributed by atoms with Gasteiger partial charge in [-0.25, -0.2) is 12.8 Å². The van der Waals surface area contributed by atoms with Gasteiger partial charge in [0.15, 0.2) is 9.84 Å². The zero-order valence-corrected chi connectivity index (χ0v) is 18.1. The van der Waals surface area contributed by atoms with Crippen LogP contribution < -0.4 is 9.80 Å². The number of carbonyl (C=O) groups excluding carboxylic acids is 2. The molecule has 32 heavy (non-hydrogen) atoms. The van der Waals surface area contributed by atoms with Crippen LogP contribution in [0.3, 0.4) is 0 Å². The highest BCUT2D eigenvalue weighted by Crippen LogP contribution is 2.52. The molecule has 1 spiro atoms. The number of carbonyl (C=O) groups is 2. The molecule has 2 aliphatic rings. The predicted molar refractivity (Wildman–Crippen MR) is 118 cm³/mol. The van der Waals surface area contributed by atoms with Crippen molar-refractivity contribution in [3.8, 4) is 0 Å². The molecule has 9 heteroatoms. The van der Waals surface area contributed by atoms with Crippen LogP contribution >= 0.6 is 11.6 Å². The average Bonchev–Trinajstić information content (AvgIpc) is 3.13. The quantitative estimate of drug-likeness (QED) is 0.585. The molecule has 162 valence electrons. The molecule has 0 unspecified atom stereocenters. The van der Waals surface area contributed by atoms with E-state index in [1.165, 1.54) is 23.1 Å². The molecule has 0 aliphatic carbocycles. The minimum atomic E-state index is -4.28. The van der Waals surface area contributed by atoms with Crippen molar-refractivity contribution in [1.82, 2.24) is 0 Å². The van der Waals surface area contributed by atoms with Gasteiger partial charge in [0, 0.05) is 16.3 Å². The molecule has 2 heterocycles. The predicted octanol–water partition coefficient (Wildman–Crippen LogP) is 3.64. The second-order valence-corrected chi connectivity index (χ2v) is 10.1. The molecule has 1 atom stereocenters. The highest BCUT2D eigenvalue weighted by atomic mass is 35.5. The van der Waals surface area contributed by atoms with Crippen molar-refractivity contribution in [2.45, 2.75) is 11.4 Å². The zero-order valence-electron chi connectivity index (χ0n) is 16.5. The third-order valence-electron chi connectivity index (χ3n) is 5.79. The first-order valence-corrected chi connectivity index (χ1v) is 11.8. The third-order valence-corrected chi connectivity index (χ3v) is 8.27. The first kappa shape index (κ1) is 20.7. The van der Waals surface area contributed by atoms with Gasteiger partial charge in [-0.05, 0) is 42.0 Å². The van der Waals surface area contributed by atoms with E-state index in [2.05, 4.69) is 0 Å². The maximum atomic E-state index is 13.9. The average molecular weight is 471 g/mol. The second kappa shape index (κ2) is 7.15. The number of nitrogens with zero attached hydrogens (tertiary/aromatic N) is 2. The number of benzene rings is 3. The van der Waals surface area contributed by atoms with Crippen molar-refractivity contribution in [2.24, 2.45) is 0 Å². The lowest BCUT2D eigenvalue weighted by atomic mass is 10.0. The number of fused-ring (bicyclic) bond motifs is 2. The normalized spacial score (nSPS) is 21.4. The lowest BCUT2D eigenvalue weighted by Gasteiger charge is -2.32. The number of hydrogen-bond donors (Lipinski definition) is 0. The Hall–Kier alpha value is -3.23. The van der Waals surface area contributed by atoms with Gasteiger partial charge in [-0.3, -0.25) is 14.5 Å². The number of sulfone groups is 1. The van der Waals surface area contributed by atoms with E-state index in [0.29, 0.717) is 16.3 Å². The van der Waals surface area contributed by atoms with E-state index in [0.717, 1.165) is 17.0 Å². The summed E-state index contributed by atoms with van der Waals surface area (Å²) in [5, 5.41) is 0.430. The summed E-state index contributed by atoms with van der Waals surface area (Å²) in [7, 11) is -4.28. The van der Waals surface area contributed by atoms with Crippen LogP contribution in [-0.2, 0) is 30.8 Å². The van der Waals surface area contributed by atoms with Gasteiger partial charge in [-0.1, -0.05) is 48.0 Å². The topological polar surface area (TPSA) is 74.8 Å². The monoisotopic (exact) mass is 470 g/mol. The molecule has 1 saturated heterocycles. The van der Waals surface area contributed by atoms with Crippen LogP contribution in [0.25, 0.3) is 0 Å². The van der Waals surface area contributed by atoms with Gasteiger partial charge in [0.05, 0.1) is 12.2 Å². The fourth-order valence-corrected chi connectivity index (χ4v) is 6.66. The van der Waals surface area contributed by atoms with Crippen molar-refractivity contribution in [3.63, 3.8) is 0 Å². The van der Waals surface area contributed by atoms with E-state index in [4.69, 9.17) is 11.6 Å². The fraction of sp³-hybridized carbons (Fsp3) is 0.130. The molecule has 3 aromatic carbocycles. The third kappa shape index (κ3) is 2.73. The van der Waals surface area contributed by atoms with Crippen molar-refractivity contribution in [1.29, 1.82) is 0 Å². The Labute approximate surface area is 188 Å². The molecule has 5 rings (SSSR count). The number of anilines is 2. The van der Waals surface area contributed by atoms with Crippen molar-refractivity contribution in [2.75, 3.05) is 15.6 Å². The van der Waals surface area contributed by atoms with Gasteiger partial charge in [0.25, 0.3) is 10.8 Å². The van der Waals surface area contributed by atoms with Crippen LogP contribution in [0, 0.1) is 5.82 Å². The molecule has 0 bridgehead atoms. The molecule has 0 radical (unpaired) electrons. The van der Waals surface area contributed by atoms with Crippen LogP contribution in [0.5, 0.6) is 0 Å². The van der Waals surface area contributed by atoms with Crippen LogP contribution in [0.4, 0.5) is 15.8 Å². The summed E-state index contributed by atoms with van der Waals surface area (Å²) in [6.07, 6.45) is 0. The van der Waals surface area contributed by atoms with Gasteiger partial charge in [-0.2, -0.15) is 0 Å². The second-order valence-electron chi connectivity index (χ2n) is 7.61. The fourth-order valence-electron chi connectivity index (χ4n) is 4.44. The summed E-state index contributed by atoms with van der Waals surface area (Å²) in [6.45, 7) is 0.0260. The lowest BCUT2D eigenvalue weighted by molar-refractivity contribution is -0.123. The smallest absolute Gasteiger partial charge is 0.274 e. The number of halogens is 2. The molecule has 3 aromatic rings. The standard InChI is InChI=1S/C23H16ClFN2O4S/c24-19-7-3-1-5-15(19)13-26-20-8-4-2-6-18(20)23(22(26)29)27(21(28)14-32(23,30)31)17-11-9-16(25)10-12-17/h1-12H,13-14H2/t23-/m1/s1. The lowest BCUT2D eigenvalue weighted by Crippen LogP contribution is -2.54. The highest BCUT2D eigenvalue weighted by molar-refractivity contribution is 7.94. The molecule has 0 saturated carbocycles. The molecular weight excluding hydrogens is 455 g/mol. The first-order valence-electron chi connectivity index (χ1n) is 9.73. The van der Waals surface area contributed by atoms with Gasteiger partial charge < -0.3 is 4.90 Å². The van der Waals surface area contributed by atoms with Gasteiger partial charge in [0.1, 0.15) is 11.6 Å². The Morgan fingerprint density at radius 2 is 1.59 bits per heavy atom. The Morgan fingerprint density at radius 3 is 2.31 bits per heavy atom. The highest BCUT2D eigenvalue weighted by Gasteiger charge is 2.69. The number of amides is 2. The Bertz CT molecular complexity index is 1380. The first-order chi connectivity index (χ1) is 15.3. The SMILES string of the molecule is O=C1CS(=O)(=O)[C@]2(C(=O)N(Cc3ccccc3Cl)c3ccccc32)N1c1ccc(F)cc1. The molecule has 0 N–H and O–H groups in total. The molecule has 0 aromatic heterocycles. The summed E-state index contributed by atoms with van der Waals surface area (Å²) in [6, 6.07) is 18.3. The molecule has 2 aliphatic heterocycles. The van der Waals surface area contributed by atoms with Crippen molar-refractivity contribution >= 4 is 44.6 Å². The number of hydrogen-bond acceptors (Lipinski definition) is 4. The van der Waals surface area contributed by atoms with Crippen LogP contribution in [0.2, 0.25) is 5.02 Å². The number of para-hydroxylation sites is 1. The Kier molecular flexibility index (Phi) is 4.61. The molecule has 6 nitrogen and oxygen atoms in total. The van der Waals surface area contributed by atoms with E-state index < -0.39 is 38.1 Å². The van der Waals surface area contributed by atoms with E-state index >= 15 is 0 Å². The summed E-state index contributed by atoms with van der Waals surface area (Å²) < 4.78 is 40.5. The van der Waals surface area contributed by atoms with E-state index in [1.54, 1.807) is 42.5 Å². The van der Waals surface area contributed by atoms with Gasteiger partial charge in [-0.15, -0.1) is 0 Å². The molecule has 2 amide bonds. The van der Waals surface area contributed by atoms with E-state index in [1.807, 2.05) is 0 Å². The summed E-state index contributed by atoms with van der Waals surface area (Å²) in [5.74, 6) is -2.89. The van der Waals surface area contributed by atoms with Crippen molar-refractivity contribution in [3.05, 3.63) is 94.8 Å². The van der Waals surface area contributed by atoms with Gasteiger partial charge in [0.2, 0.25) is 5.91 Å². The maximum absolute atomic E-state index is 13.9. The van der Waals surface area contributed by atoms with Crippen LogP contribution in [-0.4, -0.2) is 26.0 Å². The van der Waals surface area contributed by atoms with Crippen LogP contribution in [0.1, 0.15) is 11.1 Å². The summed E-state index contributed by atoms with van der Waals surface area (Å²) in [5.41, 5.74) is 1.32. The summed E-state index contributed by atoms with van der Waals surface area (Å²) >= 11 is 6.29. The zero-order chi connectivity index (χ0) is 22.7.